The average Bonchev–Trinajstić information content (AvgIpc) is 3.23. The number of esters is 1. The van der Waals surface area contributed by atoms with Crippen molar-refractivity contribution in [2.45, 2.75) is 19.4 Å². The van der Waals surface area contributed by atoms with Crippen LogP contribution < -0.4 is 15.0 Å². The fraction of sp³-hybridized carbons (Fsp3) is 0.348. The second-order valence-electron chi connectivity index (χ2n) is 7.73. The molecule has 0 spiro atoms. The molecule has 4 heterocycles. The normalized spacial score (nSPS) is 20.8. The van der Waals surface area contributed by atoms with Crippen LogP contribution in [-0.4, -0.2) is 54.7 Å². The van der Waals surface area contributed by atoms with Gasteiger partial charge in [0.25, 0.3) is 0 Å². The van der Waals surface area contributed by atoms with Crippen LogP contribution >= 0.6 is 0 Å². The van der Waals surface area contributed by atoms with Gasteiger partial charge in [0.1, 0.15) is 11.6 Å². The molecule has 1 aromatic carbocycles. The first-order valence-electron chi connectivity index (χ1n) is 10.6. The van der Waals surface area contributed by atoms with Gasteiger partial charge in [-0.25, -0.2) is 0 Å². The number of nitrogens with zero attached hydrogens (tertiary/aromatic N) is 4. The Morgan fingerprint density at radius 1 is 1.16 bits per heavy atom. The van der Waals surface area contributed by atoms with E-state index < -0.39 is 0 Å². The maximum atomic E-state index is 11.4. The molecule has 1 atom stereocenters. The Labute approximate surface area is 181 Å². The number of aliphatic imine (C=N–C) groups is 1. The van der Waals surface area contributed by atoms with Crippen LogP contribution in [-0.2, 0) is 9.53 Å². The van der Waals surface area contributed by atoms with Crippen LogP contribution in [0.5, 0.6) is 5.75 Å². The van der Waals surface area contributed by atoms with Crippen molar-refractivity contribution in [2.75, 3.05) is 37.7 Å². The van der Waals surface area contributed by atoms with Gasteiger partial charge in [-0.15, -0.1) is 0 Å². The molecule has 0 radical (unpaired) electrons. The fourth-order valence-corrected chi connectivity index (χ4v) is 4.30. The molecular weight excluding hydrogens is 394 g/mol. The fourth-order valence-electron chi connectivity index (χ4n) is 4.30. The first-order valence-corrected chi connectivity index (χ1v) is 10.6. The van der Waals surface area contributed by atoms with Crippen LogP contribution in [0.25, 0.3) is 0 Å². The van der Waals surface area contributed by atoms with Crippen molar-refractivity contribution in [1.82, 2.24) is 15.2 Å². The molecule has 2 aromatic rings. The maximum Gasteiger partial charge on any atom is 0.308 e. The van der Waals surface area contributed by atoms with Crippen LogP contribution in [0.4, 0.5) is 5.69 Å². The summed E-state index contributed by atoms with van der Waals surface area (Å²) in [5.41, 5.74) is 3.36. The number of rotatable bonds is 3. The van der Waals surface area contributed by atoms with E-state index in [-0.39, 0.29) is 12.0 Å². The molecule has 160 valence electrons. The number of carbonyl (C=O) groups is 1. The molecule has 1 aromatic heterocycles. The van der Waals surface area contributed by atoms with Gasteiger partial charge in [-0.1, -0.05) is 12.1 Å². The third-order valence-corrected chi connectivity index (χ3v) is 5.72. The summed E-state index contributed by atoms with van der Waals surface area (Å²) in [6.07, 6.45) is 4.51. The molecule has 8 heteroatoms. The van der Waals surface area contributed by atoms with Gasteiger partial charge in [0, 0.05) is 50.2 Å². The van der Waals surface area contributed by atoms with E-state index in [1.165, 1.54) is 12.5 Å². The van der Waals surface area contributed by atoms with Crippen LogP contribution in [0.3, 0.4) is 0 Å². The minimum absolute atomic E-state index is 0.0484. The highest BCUT2D eigenvalue weighted by Crippen LogP contribution is 2.39. The summed E-state index contributed by atoms with van der Waals surface area (Å²) in [6.45, 7) is 5.24. The Bertz CT molecular complexity index is 1030. The largest absolute Gasteiger partial charge is 0.427 e. The number of carbonyl (C=O) groups excluding carboxylic acids is 1. The Morgan fingerprint density at radius 3 is 2.74 bits per heavy atom. The van der Waals surface area contributed by atoms with E-state index in [4.69, 9.17) is 14.5 Å². The molecule has 1 fully saturated rings. The lowest BCUT2D eigenvalue weighted by atomic mass is 9.96. The Balaban J connectivity index is 1.54. The number of guanidine groups is 1. The van der Waals surface area contributed by atoms with Crippen molar-refractivity contribution >= 4 is 17.6 Å². The quantitative estimate of drug-likeness (QED) is 0.605. The zero-order chi connectivity index (χ0) is 21.2. The highest BCUT2D eigenvalue weighted by molar-refractivity contribution is 5.84. The van der Waals surface area contributed by atoms with Gasteiger partial charge in [-0.05, 0) is 36.2 Å². The third kappa shape index (κ3) is 3.98. The molecule has 1 N–H and O–H groups in total. The molecule has 8 nitrogen and oxygen atoms in total. The topological polar surface area (TPSA) is 79.3 Å². The number of ether oxygens (including phenoxy) is 2. The Hall–Kier alpha value is -3.39. The van der Waals surface area contributed by atoms with Crippen LogP contribution in [0.15, 0.2) is 65.2 Å². The zero-order valence-corrected chi connectivity index (χ0v) is 17.5. The van der Waals surface area contributed by atoms with Crippen LogP contribution in [0, 0.1) is 0 Å². The van der Waals surface area contributed by atoms with Crippen molar-refractivity contribution in [3.63, 3.8) is 0 Å². The zero-order valence-electron chi connectivity index (χ0n) is 17.5. The smallest absolute Gasteiger partial charge is 0.308 e. The number of hydrogen-bond acceptors (Lipinski definition) is 8. The Kier molecular flexibility index (Phi) is 5.30. The number of morpholine rings is 1. The lowest BCUT2D eigenvalue weighted by molar-refractivity contribution is -0.131. The molecule has 5 rings (SSSR count). The molecule has 31 heavy (non-hydrogen) atoms. The molecule has 0 saturated carbocycles. The van der Waals surface area contributed by atoms with Crippen molar-refractivity contribution in [3.05, 3.63) is 65.7 Å². The summed E-state index contributed by atoms with van der Waals surface area (Å²) in [7, 11) is 0. The monoisotopic (exact) mass is 419 g/mol. The van der Waals surface area contributed by atoms with Crippen LogP contribution in [0.1, 0.15) is 24.9 Å². The molecule has 0 aliphatic carbocycles. The standard InChI is InChI=1S/C23H25N5O3/c1-16(29)31-19-4-2-3-17(15-19)21-20-7-10-28(18-5-8-24-9-6-18)22(20)26-23(25-21)27-11-13-30-14-12-27/h2-6,8-9,15,21H,7,10-14H2,1H3,(H,25,26). The van der Waals surface area contributed by atoms with Gasteiger partial charge in [-0.2, -0.15) is 4.99 Å². The van der Waals surface area contributed by atoms with Crippen molar-refractivity contribution < 1.29 is 14.3 Å². The van der Waals surface area contributed by atoms with E-state index in [2.05, 4.69) is 26.2 Å². The highest BCUT2D eigenvalue weighted by Gasteiger charge is 2.35. The summed E-state index contributed by atoms with van der Waals surface area (Å²) in [5, 5.41) is 3.65. The summed E-state index contributed by atoms with van der Waals surface area (Å²) in [6, 6.07) is 11.7. The Morgan fingerprint density at radius 2 is 1.97 bits per heavy atom. The van der Waals surface area contributed by atoms with E-state index in [1.807, 2.05) is 36.7 Å². The molecule has 0 amide bonds. The lowest BCUT2D eigenvalue weighted by Crippen LogP contribution is -2.50. The van der Waals surface area contributed by atoms with E-state index in [9.17, 15) is 4.79 Å². The second kappa shape index (κ2) is 8.39. The highest BCUT2D eigenvalue weighted by atomic mass is 16.5. The number of aromatic nitrogens is 1. The second-order valence-corrected chi connectivity index (χ2v) is 7.73. The van der Waals surface area contributed by atoms with Crippen molar-refractivity contribution in [3.8, 4) is 5.75 Å². The number of anilines is 1. The molecule has 1 unspecified atom stereocenters. The van der Waals surface area contributed by atoms with Crippen molar-refractivity contribution in [2.24, 2.45) is 4.99 Å². The van der Waals surface area contributed by atoms with Gasteiger partial charge in [0.2, 0.25) is 5.96 Å². The van der Waals surface area contributed by atoms with E-state index >= 15 is 0 Å². The van der Waals surface area contributed by atoms with Crippen LogP contribution in [0.2, 0.25) is 0 Å². The van der Waals surface area contributed by atoms with Gasteiger partial charge < -0.3 is 24.6 Å². The average molecular weight is 419 g/mol. The summed E-state index contributed by atoms with van der Waals surface area (Å²) in [5.74, 6) is 2.06. The minimum atomic E-state index is -0.325. The minimum Gasteiger partial charge on any atom is -0.427 e. The molecule has 1 saturated heterocycles. The first kappa shape index (κ1) is 19.6. The predicted molar refractivity (Wildman–Crippen MR) is 117 cm³/mol. The number of benzene rings is 1. The van der Waals surface area contributed by atoms with E-state index in [0.29, 0.717) is 19.0 Å². The summed E-state index contributed by atoms with van der Waals surface area (Å²) < 4.78 is 10.9. The number of hydrogen-bond donors (Lipinski definition) is 1. The van der Waals surface area contributed by atoms with Gasteiger partial charge >= 0.3 is 5.97 Å². The SMILES string of the molecule is CC(=O)Oc1cccc(C2NC(N3CCOCC3)=NC3=C2CCN3c2ccncc2)c1. The number of nitrogens with one attached hydrogen (secondary N) is 1. The third-order valence-electron chi connectivity index (χ3n) is 5.72. The van der Waals surface area contributed by atoms with Crippen molar-refractivity contribution in [1.29, 1.82) is 0 Å². The molecule has 3 aliphatic heterocycles. The molecular formula is C23H25N5O3. The van der Waals surface area contributed by atoms with E-state index in [0.717, 1.165) is 49.1 Å². The predicted octanol–water partition coefficient (Wildman–Crippen LogP) is 2.46. The molecule has 0 bridgehead atoms. The van der Waals surface area contributed by atoms with Gasteiger partial charge in [0.15, 0.2) is 0 Å². The summed E-state index contributed by atoms with van der Waals surface area (Å²) >= 11 is 0. The maximum absolute atomic E-state index is 11.4. The molecule has 3 aliphatic rings. The number of pyridine rings is 1. The van der Waals surface area contributed by atoms with Gasteiger partial charge in [-0.3, -0.25) is 9.78 Å². The lowest BCUT2D eigenvalue weighted by Gasteiger charge is -2.36. The van der Waals surface area contributed by atoms with Gasteiger partial charge in [0.05, 0.1) is 19.3 Å². The first-order chi connectivity index (χ1) is 15.2. The van der Waals surface area contributed by atoms with E-state index in [1.54, 1.807) is 6.07 Å². The summed E-state index contributed by atoms with van der Waals surface area (Å²) in [4.78, 5) is 25.1.